The SMILES string of the molecule is CC(C)c1ccc(CN(C)c2ccc(C(N)=S)cc2)cc1. The summed E-state index contributed by atoms with van der Waals surface area (Å²) >= 11 is 4.97. The molecule has 0 saturated heterocycles. The van der Waals surface area contributed by atoms with Gasteiger partial charge in [-0.3, -0.25) is 0 Å². The first-order valence-electron chi connectivity index (χ1n) is 7.17. The predicted octanol–water partition coefficient (Wildman–Crippen LogP) is 4.08. The van der Waals surface area contributed by atoms with Crippen LogP contribution in [0.3, 0.4) is 0 Å². The molecule has 21 heavy (non-hydrogen) atoms. The molecule has 2 rings (SSSR count). The second kappa shape index (κ2) is 6.72. The molecule has 2 nitrogen and oxygen atoms in total. The average molecular weight is 298 g/mol. The summed E-state index contributed by atoms with van der Waals surface area (Å²) in [6, 6.07) is 16.9. The molecular weight excluding hydrogens is 276 g/mol. The van der Waals surface area contributed by atoms with Crippen molar-refractivity contribution >= 4 is 22.9 Å². The van der Waals surface area contributed by atoms with Crippen molar-refractivity contribution in [3.63, 3.8) is 0 Å². The molecule has 0 aliphatic heterocycles. The molecule has 0 fully saturated rings. The van der Waals surface area contributed by atoms with E-state index in [9.17, 15) is 0 Å². The zero-order valence-electron chi connectivity index (χ0n) is 12.8. The second-order valence-electron chi connectivity index (χ2n) is 5.66. The normalized spacial score (nSPS) is 10.7. The van der Waals surface area contributed by atoms with Gasteiger partial charge in [0.25, 0.3) is 0 Å². The highest BCUT2D eigenvalue weighted by molar-refractivity contribution is 7.80. The monoisotopic (exact) mass is 298 g/mol. The van der Waals surface area contributed by atoms with Crippen LogP contribution in [-0.2, 0) is 6.54 Å². The van der Waals surface area contributed by atoms with Gasteiger partial charge in [0.15, 0.2) is 0 Å². The largest absolute Gasteiger partial charge is 0.389 e. The molecule has 0 aliphatic rings. The lowest BCUT2D eigenvalue weighted by Crippen LogP contribution is -2.17. The number of hydrogen-bond acceptors (Lipinski definition) is 2. The highest BCUT2D eigenvalue weighted by Crippen LogP contribution is 2.19. The van der Waals surface area contributed by atoms with Crippen LogP contribution in [0.5, 0.6) is 0 Å². The van der Waals surface area contributed by atoms with Crippen molar-refractivity contribution in [2.24, 2.45) is 5.73 Å². The van der Waals surface area contributed by atoms with Crippen molar-refractivity contribution < 1.29 is 0 Å². The minimum absolute atomic E-state index is 0.438. The van der Waals surface area contributed by atoms with E-state index >= 15 is 0 Å². The van der Waals surface area contributed by atoms with Crippen LogP contribution in [0.4, 0.5) is 5.69 Å². The summed E-state index contributed by atoms with van der Waals surface area (Å²) < 4.78 is 0. The molecule has 0 heterocycles. The lowest BCUT2D eigenvalue weighted by molar-refractivity contribution is 0.861. The number of nitrogens with zero attached hydrogens (tertiary/aromatic N) is 1. The minimum Gasteiger partial charge on any atom is -0.389 e. The third-order valence-corrected chi connectivity index (χ3v) is 3.89. The molecule has 2 N–H and O–H groups in total. The van der Waals surface area contributed by atoms with Crippen molar-refractivity contribution in [1.29, 1.82) is 0 Å². The minimum atomic E-state index is 0.438. The molecule has 2 aromatic carbocycles. The maximum absolute atomic E-state index is 5.62. The van der Waals surface area contributed by atoms with Gasteiger partial charge in [0, 0.05) is 24.8 Å². The zero-order valence-corrected chi connectivity index (χ0v) is 13.7. The van der Waals surface area contributed by atoms with E-state index in [0.29, 0.717) is 10.9 Å². The van der Waals surface area contributed by atoms with Gasteiger partial charge in [-0.1, -0.05) is 50.3 Å². The van der Waals surface area contributed by atoms with Crippen LogP contribution in [0.15, 0.2) is 48.5 Å². The van der Waals surface area contributed by atoms with E-state index in [4.69, 9.17) is 18.0 Å². The number of benzene rings is 2. The van der Waals surface area contributed by atoms with Crippen molar-refractivity contribution in [1.82, 2.24) is 0 Å². The van der Waals surface area contributed by atoms with Gasteiger partial charge in [-0.25, -0.2) is 0 Å². The molecule has 0 radical (unpaired) electrons. The summed E-state index contributed by atoms with van der Waals surface area (Å²) in [7, 11) is 2.09. The van der Waals surface area contributed by atoms with E-state index in [1.165, 1.54) is 11.1 Å². The Kier molecular flexibility index (Phi) is 4.97. The summed E-state index contributed by atoms with van der Waals surface area (Å²) in [5.41, 5.74) is 10.4. The number of nitrogens with two attached hydrogens (primary N) is 1. The Morgan fingerprint density at radius 3 is 2.10 bits per heavy atom. The van der Waals surface area contributed by atoms with Gasteiger partial charge in [-0.15, -0.1) is 0 Å². The van der Waals surface area contributed by atoms with Gasteiger partial charge in [0.1, 0.15) is 4.99 Å². The Bertz CT molecular complexity index is 600. The van der Waals surface area contributed by atoms with Crippen LogP contribution in [-0.4, -0.2) is 12.0 Å². The van der Waals surface area contributed by atoms with Crippen LogP contribution < -0.4 is 10.6 Å². The predicted molar refractivity (Wildman–Crippen MR) is 95.0 cm³/mol. The maximum atomic E-state index is 5.62. The molecule has 2 aromatic rings. The fraction of sp³-hybridized carbons (Fsp3) is 0.278. The summed E-state index contributed by atoms with van der Waals surface area (Å²) in [6.07, 6.45) is 0. The summed E-state index contributed by atoms with van der Waals surface area (Å²) in [5.74, 6) is 0.574. The lowest BCUT2D eigenvalue weighted by atomic mass is 10.0. The Morgan fingerprint density at radius 1 is 1.05 bits per heavy atom. The Balaban J connectivity index is 2.06. The molecule has 0 amide bonds. The zero-order chi connectivity index (χ0) is 15.4. The highest BCUT2D eigenvalue weighted by Gasteiger charge is 2.04. The van der Waals surface area contributed by atoms with Crippen LogP contribution in [0.1, 0.15) is 36.5 Å². The van der Waals surface area contributed by atoms with E-state index in [1.807, 2.05) is 12.1 Å². The molecular formula is C18H22N2S. The average Bonchev–Trinajstić information content (AvgIpc) is 2.47. The number of anilines is 1. The van der Waals surface area contributed by atoms with Gasteiger partial charge in [0.2, 0.25) is 0 Å². The second-order valence-corrected chi connectivity index (χ2v) is 6.10. The number of hydrogen-bond donors (Lipinski definition) is 1. The fourth-order valence-electron chi connectivity index (χ4n) is 2.25. The third kappa shape index (κ3) is 4.05. The molecule has 3 heteroatoms. The summed E-state index contributed by atoms with van der Waals surface area (Å²) in [4.78, 5) is 2.65. The lowest BCUT2D eigenvalue weighted by Gasteiger charge is -2.20. The molecule has 0 unspecified atom stereocenters. The van der Waals surface area contributed by atoms with E-state index < -0.39 is 0 Å². The molecule has 110 valence electrons. The van der Waals surface area contributed by atoms with Gasteiger partial charge in [0.05, 0.1) is 0 Å². The molecule has 0 saturated carbocycles. The van der Waals surface area contributed by atoms with E-state index in [-0.39, 0.29) is 0 Å². The first-order chi connectivity index (χ1) is 9.97. The summed E-state index contributed by atoms with van der Waals surface area (Å²) in [6.45, 7) is 5.31. The van der Waals surface area contributed by atoms with Crippen LogP contribution in [0.2, 0.25) is 0 Å². The van der Waals surface area contributed by atoms with Crippen LogP contribution in [0.25, 0.3) is 0 Å². The number of rotatable bonds is 5. The van der Waals surface area contributed by atoms with E-state index in [1.54, 1.807) is 0 Å². The first-order valence-corrected chi connectivity index (χ1v) is 7.58. The van der Waals surface area contributed by atoms with Gasteiger partial charge >= 0.3 is 0 Å². The molecule has 0 atom stereocenters. The topological polar surface area (TPSA) is 29.3 Å². The number of thiocarbonyl (C=S) groups is 1. The molecule has 0 aromatic heterocycles. The van der Waals surface area contributed by atoms with E-state index in [2.05, 4.69) is 62.2 Å². The Labute approximate surface area is 132 Å². The van der Waals surface area contributed by atoms with Crippen molar-refractivity contribution in [3.05, 3.63) is 65.2 Å². The van der Waals surface area contributed by atoms with E-state index in [0.717, 1.165) is 17.8 Å². The van der Waals surface area contributed by atoms with Crippen LogP contribution >= 0.6 is 12.2 Å². The van der Waals surface area contributed by atoms with Crippen molar-refractivity contribution in [2.75, 3.05) is 11.9 Å². The van der Waals surface area contributed by atoms with Gasteiger partial charge in [-0.2, -0.15) is 0 Å². The highest BCUT2D eigenvalue weighted by atomic mass is 32.1. The molecule has 0 spiro atoms. The molecule has 0 bridgehead atoms. The summed E-state index contributed by atoms with van der Waals surface area (Å²) in [5, 5.41) is 0. The smallest absolute Gasteiger partial charge is 0.103 e. The van der Waals surface area contributed by atoms with Crippen molar-refractivity contribution in [3.8, 4) is 0 Å². The standard InChI is InChI=1S/C18H22N2S/c1-13(2)15-6-4-14(5-7-15)12-20(3)17-10-8-16(9-11-17)18(19)21/h4-11,13H,12H2,1-3H3,(H2,19,21). The molecule has 0 aliphatic carbocycles. The third-order valence-electron chi connectivity index (χ3n) is 3.66. The first kappa shape index (κ1) is 15.5. The Hall–Kier alpha value is -1.87. The van der Waals surface area contributed by atoms with Crippen LogP contribution in [0, 0.1) is 0 Å². The Morgan fingerprint density at radius 2 is 1.62 bits per heavy atom. The fourth-order valence-corrected chi connectivity index (χ4v) is 2.39. The van der Waals surface area contributed by atoms with Gasteiger partial charge < -0.3 is 10.6 Å². The quantitative estimate of drug-likeness (QED) is 0.843. The van der Waals surface area contributed by atoms with Gasteiger partial charge in [-0.05, 0) is 41.3 Å². The maximum Gasteiger partial charge on any atom is 0.103 e. The van der Waals surface area contributed by atoms with Crippen molar-refractivity contribution in [2.45, 2.75) is 26.3 Å².